The molecule has 0 amide bonds. The van der Waals surface area contributed by atoms with E-state index in [1.54, 1.807) is 0 Å². The van der Waals surface area contributed by atoms with Crippen LogP contribution in [0.3, 0.4) is 0 Å². The van der Waals surface area contributed by atoms with Crippen LogP contribution in [0.15, 0.2) is 55.0 Å². The van der Waals surface area contributed by atoms with Crippen LogP contribution in [0.25, 0.3) is 32.9 Å². The number of ether oxygens (including phenoxy) is 2. The number of benzene rings is 1. The third kappa shape index (κ3) is 6.44. The van der Waals surface area contributed by atoms with Crippen molar-refractivity contribution in [2.45, 2.75) is 44.0 Å². The van der Waals surface area contributed by atoms with Gasteiger partial charge < -0.3 is 24.0 Å². The summed E-state index contributed by atoms with van der Waals surface area (Å²) in [4.78, 5) is 26.9. The largest absolute Gasteiger partial charge is 0.480 e. The number of hydrogen-bond donors (Lipinski definition) is 1. The van der Waals surface area contributed by atoms with E-state index >= 15 is 0 Å². The van der Waals surface area contributed by atoms with Gasteiger partial charge in [0.1, 0.15) is 6.10 Å². The first-order chi connectivity index (χ1) is 21.5. The Morgan fingerprint density at radius 3 is 2.27 bits per heavy atom. The first-order valence-corrected chi connectivity index (χ1v) is 16.0. The van der Waals surface area contributed by atoms with Crippen molar-refractivity contribution >= 4 is 27.8 Å². The van der Waals surface area contributed by atoms with Crippen molar-refractivity contribution in [2.24, 2.45) is 7.05 Å². The summed E-state index contributed by atoms with van der Waals surface area (Å²) in [6.07, 6.45) is 10.5. The number of likely N-dealkylation sites (tertiary alicyclic amines) is 1. The van der Waals surface area contributed by atoms with Gasteiger partial charge in [0, 0.05) is 119 Å². The Labute approximate surface area is 258 Å². The summed E-state index contributed by atoms with van der Waals surface area (Å²) in [6, 6.07) is 12.7. The van der Waals surface area contributed by atoms with Gasteiger partial charge in [0.25, 0.3) is 0 Å². The predicted molar refractivity (Wildman–Crippen MR) is 170 cm³/mol. The molecule has 10 heteroatoms. The van der Waals surface area contributed by atoms with Gasteiger partial charge in [0.05, 0.1) is 24.3 Å². The molecule has 0 atom stereocenters. The Kier molecular flexibility index (Phi) is 8.49. The van der Waals surface area contributed by atoms with Crippen molar-refractivity contribution in [1.82, 2.24) is 29.2 Å². The zero-order valence-electron chi connectivity index (χ0n) is 25.5. The van der Waals surface area contributed by atoms with E-state index in [4.69, 9.17) is 14.6 Å². The number of hydrogen-bond acceptors (Lipinski definition) is 8. The molecule has 1 N–H and O–H groups in total. The van der Waals surface area contributed by atoms with Gasteiger partial charge in [0.2, 0.25) is 5.88 Å². The minimum Gasteiger partial charge on any atom is -0.480 e. The maximum absolute atomic E-state index is 10.9. The molecular weight excluding hydrogens is 556 g/mol. The average Bonchev–Trinajstić information content (AvgIpc) is 3.31. The minimum atomic E-state index is -0.735. The Balaban J connectivity index is 0.820. The molecule has 1 saturated carbocycles. The van der Waals surface area contributed by atoms with Crippen molar-refractivity contribution < 1.29 is 19.4 Å². The van der Waals surface area contributed by atoms with Gasteiger partial charge in [-0.2, -0.15) is 0 Å². The van der Waals surface area contributed by atoms with Crippen LogP contribution < -0.4 is 4.74 Å². The second-order valence-electron chi connectivity index (χ2n) is 12.6. The number of fused-ring (bicyclic) bond motifs is 3. The molecule has 0 bridgehead atoms. The van der Waals surface area contributed by atoms with E-state index < -0.39 is 5.97 Å². The molecule has 3 aliphatic rings. The summed E-state index contributed by atoms with van der Waals surface area (Å²) in [5, 5.41) is 11.4. The van der Waals surface area contributed by atoms with Crippen LogP contribution in [0.1, 0.15) is 25.7 Å². The molecule has 0 spiro atoms. The second-order valence-corrected chi connectivity index (χ2v) is 12.6. The lowest BCUT2D eigenvalue weighted by Crippen LogP contribution is -2.50. The number of aryl methyl sites for hydroxylation is 1. The number of piperazine rings is 1. The van der Waals surface area contributed by atoms with Gasteiger partial charge in [0.15, 0.2) is 0 Å². The van der Waals surface area contributed by atoms with Crippen LogP contribution in [-0.2, 0) is 16.6 Å². The number of nitrogens with zero attached hydrogens (tertiary/aromatic N) is 6. The number of carboxylic acids is 1. The molecular formula is C34H42N6O4. The van der Waals surface area contributed by atoms with E-state index in [-0.39, 0.29) is 18.8 Å². The van der Waals surface area contributed by atoms with Gasteiger partial charge in [-0.05, 0) is 36.6 Å². The topological polar surface area (TPSA) is 96.2 Å². The second kappa shape index (κ2) is 12.8. The fourth-order valence-electron chi connectivity index (χ4n) is 6.94. The maximum atomic E-state index is 10.9. The lowest BCUT2D eigenvalue weighted by Gasteiger charge is -2.40. The summed E-state index contributed by atoms with van der Waals surface area (Å²) >= 11 is 0. The van der Waals surface area contributed by atoms with Crippen molar-refractivity contribution in [2.75, 3.05) is 58.9 Å². The van der Waals surface area contributed by atoms with E-state index in [9.17, 15) is 4.79 Å². The van der Waals surface area contributed by atoms with Gasteiger partial charge in [-0.15, -0.1) is 0 Å². The Hall–Kier alpha value is -3.57. The number of pyridine rings is 2. The van der Waals surface area contributed by atoms with Crippen molar-refractivity contribution in [3.8, 4) is 17.0 Å². The third-order valence-corrected chi connectivity index (χ3v) is 9.69. The molecule has 4 aromatic rings. The lowest BCUT2D eigenvalue weighted by atomic mass is 9.91. The van der Waals surface area contributed by atoms with E-state index in [1.165, 1.54) is 21.8 Å². The molecule has 10 nitrogen and oxygen atoms in total. The Morgan fingerprint density at radius 1 is 0.818 bits per heavy atom. The van der Waals surface area contributed by atoms with Crippen LogP contribution >= 0.6 is 0 Å². The molecule has 1 aromatic carbocycles. The number of piperidine rings is 1. The highest BCUT2D eigenvalue weighted by Gasteiger charge is 2.34. The fraction of sp³-hybridized carbons (Fsp3) is 0.500. The molecule has 0 unspecified atom stereocenters. The average molecular weight is 599 g/mol. The maximum Gasteiger partial charge on any atom is 0.317 e. The van der Waals surface area contributed by atoms with Gasteiger partial charge >= 0.3 is 5.97 Å². The minimum absolute atomic E-state index is 0.155. The Morgan fingerprint density at radius 2 is 1.55 bits per heavy atom. The highest BCUT2D eigenvalue weighted by molar-refractivity contribution is 6.08. The number of aliphatic carboxylic acids is 1. The zero-order valence-corrected chi connectivity index (χ0v) is 25.5. The first kappa shape index (κ1) is 29.2. The van der Waals surface area contributed by atoms with Crippen molar-refractivity contribution in [3.05, 3.63) is 55.0 Å². The molecule has 7 rings (SSSR count). The van der Waals surface area contributed by atoms with Crippen LogP contribution in [0.4, 0.5) is 0 Å². The molecule has 1 aliphatic carbocycles. The molecule has 0 radical (unpaired) electrons. The molecule has 44 heavy (non-hydrogen) atoms. The van der Waals surface area contributed by atoms with Crippen LogP contribution in [0, 0.1) is 0 Å². The van der Waals surface area contributed by atoms with Crippen molar-refractivity contribution in [1.29, 1.82) is 0 Å². The standard InChI is InChI=1S/C34H42N6O4/c1-37-31-6-9-35-22-30(31)29-4-2-24(18-32(29)37)25-3-5-33(36-21-25)44-28-19-27(20-28)43-26-7-10-38(11-8-26)12-13-39-14-16-40(17-15-39)23-34(41)42/h2-6,9,18,21-22,26-28H,7-8,10-17,19-20,23H2,1H3,(H,41,42). The quantitative estimate of drug-likeness (QED) is 0.292. The third-order valence-electron chi connectivity index (χ3n) is 9.69. The smallest absolute Gasteiger partial charge is 0.317 e. The highest BCUT2D eigenvalue weighted by Crippen LogP contribution is 2.33. The van der Waals surface area contributed by atoms with Crippen LogP contribution in [0.5, 0.6) is 5.88 Å². The van der Waals surface area contributed by atoms with Crippen LogP contribution in [-0.4, -0.2) is 118 Å². The monoisotopic (exact) mass is 598 g/mol. The number of carboxylic acid groups (broad SMARTS) is 1. The summed E-state index contributed by atoms with van der Waals surface area (Å²) < 4.78 is 14.8. The van der Waals surface area contributed by atoms with Gasteiger partial charge in [-0.3, -0.25) is 19.6 Å². The van der Waals surface area contributed by atoms with E-state index in [1.807, 2.05) is 29.6 Å². The molecule has 5 heterocycles. The van der Waals surface area contributed by atoms with Crippen molar-refractivity contribution in [3.63, 3.8) is 0 Å². The molecule has 3 aromatic heterocycles. The number of rotatable bonds is 10. The molecule has 2 saturated heterocycles. The number of aromatic nitrogens is 3. The number of carbonyl (C=O) groups is 1. The Bertz CT molecular complexity index is 1580. The summed E-state index contributed by atoms with van der Waals surface area (Å²) in [5.41, 5.74) is 4.57. The summed E-state index contributed by atoms with van der Waals surface area (Å²) in [7, 11) is 2.10. The molecule has 232 valence electrons. The predicted octanol–water partition coefficient (Wildman–Crippen LogP) is 3.88. The molecule has 3 fully saturated rings. The zero-order chi connectivity index (χ0) is 30.0. The fourth-order valence-corrected chi connectivity index (χ4v) is 6.94. The highest BCUT2D eigenvalue weighted by atomic mass is 16.5. The first-order valence-electron chi connectivity index (χ1n) is 16.0. The van der Waals surface area contributed by atoms with Gasteiger partial charge in [-0.25, -0.2) is 4.98 Å². The SMILES string of the molecule is Cn1c2ccncc2c2ccc(-c3ccc(OC4CC(OC5CCN(CCN6CCN(CC(=O)O)CC6)CC5)C4)nc3)cc21. The molecule has 2 aliphatic heterocycles. The van der Waals surface area contributed by atoms with Gasteiger partial charge in [-0.1, -0.05) is 12.1 Å². The summed E-state index contributed by atoms with van der Waals surface area (Å²) in [5.74, 6) is -0.0632. The lowest BCUT2D eigenvalue weighted by molar-refractivity contribution is -0.138. The van der Waals surface area contributed by atoms with E-state index in [2.05, 4.69) is 61.7 Å². The van der Waals surface area contributed by atoms with Crippen LogP contribution in [0.2, 0.25) is 0 Å². The summed E-state index contributed by atoms with van der Waals surface area (Å²) in [6.45, 7) is 8.05. The van der Waals surface area contributed by atoms with E-state index in [0.29, 0.717) is 12.0 Å². The van der Waals surface area contributed by atoms with E-state index in [0.717, 1.165) is 89.2 Å². The normalized spacial score (nSPS) is 22.4.